The van der Waals surface area contributed by atoms with Gasteiger partial charge in [-0.05, 0) is 57.9 Å². The highest BCUT2D eigenvalue weighted by Crippen LogP contribution is 2.43. The quantitative estimate of drug-likeness (QED) is 0.837. The number of carbonyl (C=O) groups excluding carboxylic acids is 3. The van der Waals surface area contributed by atoms with Crippen LogP contribution in [0.3, 0.4) is 0 Å². The number of nitrogens with zero attached hydrogens (tertiary/aromatic N) is 2. The van der Waals surface area contributed by atoms with Gasteiger partial charge in [-0.15, -0.1) is 11.3 Å². The molecular weight excluding hydrogens is 386 g/mol. The Bertz CT molecular complexity index is 1010. The molecule has 0 unspecified atom stereocenters. The molecule has 2 atom stereocenters. The number of rotatable bonds is 4. The van der Waals surface area contributed by atoms with Gasteiger partial charge in [0.25, 0.3) is 5.91 Å². The Morgan fingerprint density at radius 1 is 1.28 bits per heavy atom. The van der Waals surface area contributed by atoms with Crippen molar-refractivity contribution in [3.8, 4) is 0 Å². The summed E-state index contributed by atoms with van der Waals surface area (Å²) in [5.74, 6) is -0.455. The zero-order valence-electron chi connectivity index (χ0n) is 17.1. The zero-order chi connectivity index (χ0) is 20.9. The van der Waals surface area contributed by atoms with Gasteiger partial charge in [0, 0.05) is 16.2 Å². The molecule has 1 N–H and O–H groups in total. The molecule has 2 aliphatic rings. The Labute approximate surface area is 174 Å². The number of hydrogen-bond acceptors (Lipinski definition) is 4. The molecule has 152 valence electrons. The fourth-order valence-electron chi connectivity index (χ4n) is 4.53. The number of nitrogens with one attached hydrogen (secondary N) is 1. The predicted molar refractivity (Wildman–Crippen MR) is 113 cm³/mol. The molecule has 6 nitrogen and oxygen atoms in total. The van der Waals surface area contributed by atoms with Gasteiger partial charge in [-0.1, -0.05) is 12.1 Å². The van der Waals surface area contributed by atoms with E-state index in [1.165, 1.54) is 9.75 Å². The first-order valence-electron chi connectivity index (χ1n) is 9.82. The lowest BCUT2D eigenvalue weighted by Crippen LogP contribution is -2.63. The lowest BCUT2D eigenvalue weighted by atomic mass is 9.98. The summed E-state index contributed by atoms with van der Waals surface area (Å²) in [7, 11) is 0. The highest BCUT2D eigenvalue weighted by atomic mass is 32.1. The number of benzene rings is 1. The van der Waals surface area contributed by atoms with E-state index in [0.717, 1.165) is 5.56 Å². The molecule has 0 saturated carbocycles. The van der Waals surface area contributed by atoms with Gasteiger partial charge in [0.15, 0.2) is 0 Å². The molecule has 1 saturated heterocycles. The monoisotopic (exact) mass is 411 g/mol. The predicted octanol–water partition coefficient (Wildman–Crippen LogP) is 3.54. The molecule has 3 amide bonds. The van der Waals surface area contributed by atoms with Crippen LogP contribution in [0.25, 0.3) is 0 Å². The van der Waals surface area contributed by atoms with Crippen molar-refractivity contribution in [3.05, 3.63) is 51.2 Å². The maximum absolute atomic E-state index is 13.2. The summed E-state index contributed by atoms with van der Waals surface area (Å²) in [6.07, 6.45) is 0.873. The summed E-state index contributed by atoms with van der Waals surface area (Å²) >= 11 is 1.71. The van der Waals surface area contributed by atoms with Gasteiger partial charge in [-0.3, -0.25) is 19.3 Å². The molecule has 1 aromatic heterocycles. The smallest absolute Gasteiger partial charge is 0.258 e. The van der Waals surface area contributed by atoms with Gasteiger partial charge < -0.3 is 10.2 Å². The molecule has 4 rings (SSSR count). The summed E-state index contributed by atoms with van der Waals surface area (Å²) in [6, 6.07) is 9.07. The third-order valence-electron chi connectivity index (χ3n) is 5.97. The van der Waals surface area contributed by atoms with Gasteiger partial charge in [-0.2, -0.15) is 0 Å². The SMILES string of the molecule is Cc1cc([C@@H](C)NC(=O)CN2C(=O)c3ccccc3N3C(=O)CC[C@]23C)c(C)s1. The minimum Gasteiger partial charge on any atom is -0.348 e. The fourth-order valence-corrected chi connectivity index (χ4v) is 5.55. The molecule has 7 heteroatoms. The fraction of sp³-hybridized carbons (Fsp3) is 0.409. The van der Waals surface area contributed by atoms with Crippen molar-refractivity contribution >= 4 is 34.7 Å². The molecule has 0 radical (unpaired) electrons. The van der Waals surface area contributed by atoms with Crippen molar-refractivity contribution in [2.45, 2.75) is 52.2 Å². The molecule has 1 fully saturated rings. The van der Waals surface area contributed by atoms with Gasteiger partial charge in [0.2, 0.25) is 11.8 Å². The second-order valence-electron chi connectivity index (χ2n) is 8.01. The van der Waals surface area contributed by atoms with E-state index in [-0.39, 0.29) is 30.3 Å². The van der Waals surface area contributed by atoms with Crippen molar-refractivity contribution in [2.75, 3.05) is 11.4 Å². The molecule has 29 heavy (non-hydrogen) atoms. The van der Waals surface area contributed by atoms with E-state index >= 15 is 0 Å². The van der Waals surface area contributed by atoms with Gasteiger partial charge in [0.1, 0.15) is 12.2 Å². The highest BCUT2D eigenvalue weighted by molar-refractivity contribution is 7.12. The maximum Gasteiger partial charge on any atom is 0.258 e. The molecule has 2 aliphatic heterocycles. The molecule has 1 aromatic carbocycles. The van der Waals surface area contributed by atoms with Crippen molar-refractivity contribution in [1.82, 2.24) is 10.2 Å². The third kappa shape index (κ3) is 3.13. The van der Waals surface area contributed by atoms with E-state index in [1.807, 2.05) is 33.8 Å². The Hall–Kier alpha value is -2.67. The molecular formula is C22H25N3O3S. The first-order valence-corrected chi connectivity index (χ1v) is 10.6. The summed E-state index contributed by atoms with van der Waals surface area (Å²) in [4.78, 5) is 44.3. The lowest BCUT2D eigenvalue weighted by Gasteiger charge is -2.48. The average Bonchev–Trinajstić information content (AvgIpc) is 3.17. The van der Waals surface area contributed by atoms with Crippen LogP contribution in [0, 0.1) is 13.8 Å². The van der Waals surface area contributed by atoms with Crippen LogP contribution in [-0.2, 0) is 9.59 Å². The van der Waals surface area contributed by atoms with Crippen molar-refractivity contribution in [3.63, 3.8) is 0 Å². The van der Waals surface area contributed by atoms with E-state index in [4.69, 9.17) is 0 Å². The summed E-state index contributed by atoms with van der Waals surface area (Å²) in [5.41, 5.74) is 1.38. The first kappa shape index (κ1) is 19.6. The largest absolute Gasteiger partial charge is 0.348 e. The number of amides is 3. The molecule has 0 spiro atoms. The van der Waals surface area contributed by atoms with Crippen LogP contribution >= 0.6 is 11.3 Å². The number of fused-ring (bicyclic) bond motifs is 3. The number of aryl methyl sites for hydroxylation is 2. The van der Waals surface area contributed by atoms with Gasteiger partial charge in [0.05, 0.1) is 17.3 Å². The van der Waals surface area contributed by atoms with Crippen LogP contribution in [0.2, 0.25) is 0 Å². The second kappa shape index (κ2) is 6.99. The zero-order valence-corrected chi connectivity index (χ0v) is 17.9. The highest BCUT2D eigenvalue weighted by Gasteiger charge is 2.53. The van der Waals surface area contributed by atoms with Gasteiger partial charge in [-0.25, -0.2) is 0 Å². The van der Waals surface area contributed by atoms with Crippen molar-refractivity contribution < 1.29 is 14.4 Å². The molecule has 3 heterocycles. The second-order valence-corrected chi connectivity index (χ2v) is 9.47. The van der Waals surface area contributed by atoms with E-state index in [2.05, 4.69) is 11.4 Å². The minimum atomic E-state index is -0.821. The van der Waals surface area contributed by atoms with Crippen LogP contribution in [-0.4, -0.2) is 34.8 Å². The minimum absolute atomic E-state index is 0.0180. The molecule has 0 bridgehead atoms. The van der Waals surface area contributed by atoms with Crippen molar-refractivity contribution in [2.24, 2.45) is 0 Å². The first-order chi connectivity index (χ1) is 13.7. The number of hydrogen-bond donors (Lipinski definition) is 1. The van der Waals surface area contributed by atoms with E-state index < -0.39 is 5.66 Å². The maximum atomic E-state index is 13.2. The van der Waals surface area contributed by atoms with E-state index in [0.29, 0.717) is 24.1 Å². The average molecular weight is 412 g/mol. The standard InChI is InChI=1S/C22H25N3O3S/c1-13-11-17(15(3)29-13)14(2)23-19(26)12-24-21(28)16-7-5-6-8-18(16)25-20(27)9-10-22(24,25)4/h5-8,11,14H,9-10,12H2,1-4H3,(H,23,26)/t14-,22-/m1/s1. The molecule has 0 aliphatic carbocycles. The van der Waals surface area contributed by atoms with Crippen LogP contribution in [0.1, 0.15) is 58.4 Å². The Balaban J connectivity index is 1.59. The lowest BCUT2D eigenvalue weighted by molar-refractivity contribution is -0.124. The third-order valence-corrected chi connectivity index (χ3v) is 6.95. The summed E-state index contributed by atoms with van der Waals surface area (Å²) in [5, 5.41) is 3.02. The Kier molecular flexibility index (Phi) is 4.73. The number of thiophene rings is 1. The van der Waals surface area contributed by atoms with E-state index in [1.54, 1.807) is 39.3 Å². The van der Waals surface area contributed by atoms with Crippen LogP contribution in [0.4, 0.5) is 5.69 Å². The van der Waals surface area contributed by atoms with Crippen LogP contribution in [0.5, 0.6) is 0 Å². The van der Waals surface area contributed by atoms with Crippen LogP contribution < -0.4 is 10.2 Å². The summed E-state index contributed by atoms with van der Waals surface area (Å²) < 4.78 is 0. The Morgan fingerprint density at radius 2 is 2.00 bits per heavy atom. The normalized spacial score (nSPS) is 21.8. The van der Waals surface area contributed by atoms with Gasteiger partial charge >= 0.3 is 0 Å². The number of carbonyl (C=O) groups is 3. The number of anilines is 1. The summed E-state index contributed by atoms with van der Waals surface area (Å²) in [6.45, 7) is 7.83. The topological polar surface area (TPSA) is 69.7 Å². The number of para-hydroxylation sites is 1. The molecule has 2 aromatic rings. The van der Waals surface area contributed by atoms with Crippen LogP contribution in [0.15, 0.2) is 30.3 Å². The van der Waals surface area contributed by atoms with E-state index in [9.17, 15) is 14.4 Å². The Morgan fingerprint density at radius 3 is 2.69 bits per heavy atom. The van der Waals surface area contributed by atoms with Crippen molar-refractivity contribution in [1.29, 1.82) is 0 Å².